The van der Waals surface area contributed by atoms with Crippen LogP contribution in [0.4, 0.5) is 0 Å². The van der Waals surface area contributed by atoms with E-state index in [1.807, 2.05) is 13.8 Å². The lowest BCUT2D eigenvalue weighted by molar-refractivity contribution is -0.140. The Morgan fingerprint density at radius 2 is 1.88 bits per heavy atom. The lowest BCUT2D eigenvalue weighted by atomic mass is 9.86. The molecule has 1 saturated carbocycles. The number of carbonyl (C=O) groups excluding carboxylic acids is 2. The van der Waals surface area contributed by atoms with Crippen LogP contribution in [0.3, 0.4) is 0 Å². The van der Waals surface area contributed by atoms with Gasteiger partial charge in [0.05, 0.1) is 0 Å². The molecule has 0 aromatic carbocycles. The van der Waals surface area contributed by atoms with Crippen molar-refractivity contribution < 1.29 is 9.59 Å². The maximum atomic E-state index is 11.7. The molecule has 1 rings (SSSR count). The topological polar surface area (TPSA) is 58.2 Å². The lowest BCUT2D eigenvalue weighted by Gasteiger charge is -2.29. The van der Waals surface area contributed by atoms with Crippen LogP contribution in [-0.4, -0.2) is 23.9 Å². The number of carbonyl (C=O) groups is 2. The zero-order chi connectivity index (χ0) is 12.8. The third kappa shape index (κ3) is 4.36. The smallest absolute Gasteiger partial charge is 0.309 e. The van der Waals surface area contributed by atoms with Crippen molar-refractivity contribution in [3.63, 3.8) is 0 Å². The molecule has 2 N–H and O–H groups in total. The quantitative estimate of drug-likeness (QED) is 0.736. The van der Waals surface area contributed by atoms with E-state index in [-0.39, 0.29) is 12.1 Å². The molecule has 1 fully saturated rings. The highest BCUT2D eigenvalue weighted by atomic mass is 16.2. The summed E-state index contributed by atoms with van der Waals surface area (Å²) in [6.07, 6.45) is 5.33. The molecule has 2 amide bonds. The van der Waals surface area contributed by atoms with E-state index in [0.717, 1.165) is 25.7 Å². The van der Waals surface area contributed by atoms with Crippen LogP contribution in [0.5, 0.6) is 0 Å². The van der Waals surface area contributed by atoms with Crippen LogP contribution in [0.15, 0.2) is 0 Å². The second-order valence-corrected chi connectivity index (χ2v) is 5.12. The van der Waals surface area contributed by atoms with Gasteiger partial charge >= 0.3 is 11.8 Å². The van der Waals surface area contributed by atoms with Crippen LogP contribution in [0.25, 0.3) is 0 Å². The lowest BCUT2D eigenvalue weighted by Crippen LogP contribution is -2.49. The highest BCUT2D eigenvalue weighted by Crippen LogP contribution is 2.23. The summed E-state index contributed by atoms with van der Waals surface area (Å²) < 4.78 is 0. The normalized spacial score (nSPS) is 26.1. The van der Waals surface area contributed by atoms with Crippen LogP contribution < -0.4 is 10.6 Å². The van der Waals surface area contributed by atoms with Crippen molar-refractivity contribution in [2.45, 2.75) is 65.0 Å². The largest absolute Gasteiger partial charge is 0.345 e. The molecule has 3 atom stereocenters. The van der Waals surface area contributed by atoms with Gasteiger partial charge in [-0.05, 0) is 32.1 Å². The summed E-state index contributed by atoms with van der Waals surface area (Å²) in [4.78, 5) is 23.3. The van der Waals surface area contributed by atoms with E-state index in [1.165, 1.54) is 6.42 Å². The molecule has 0 saturated heterocycles. The Morgan fingerprint density at radius 3 is 2.47 bits per heavy atom. The second-order valence-electron chi connectivity index (χ2n) is 5.12. The van der Waals surface area contributed by atoms with Crippen LogP contribution in [0.2, 0.25) is 0 Å². The Labute approximate surface area is 104 Å². The van der Waals surface area contributed by atoms with Crippen molar-refractivity contribution in [3.8, 4) is 0 Å². The summed E-state index contributed by atoms with van der Waals surface area (Å²) in [6.45, 7) is 6.01. The van der Waals surface area contributed by atoms with Crippen LogP contribution in [-0.2, 0) is 9.59 Å². The van der Waals surface area contributed by atoms with Crippen molar-refractivity contribution >= 4 is 11.8 Å². The molecule has 1 aliphatic carbocycles. The van der Waals surface area contributed by atoms with Crippen molar-refractivity contribution in [3.05, 3.63) is 0 Å². The zero-order valence-corrected chi connectivity index (χ0v) is 11.1. The Balaban J connectivity index is 2.39. The molecule has 0 aromatic rings. The molecule has 0 aliphatic heterocycles. The molecule has 0 spiro atoms. The first-order chi connectivity index (χ1) is 8.04. The van der Waals surface area contributed by atoms with Crippen LogP contribution >= 0.6 is 0 Å². The number of nitrogens with one attached hydrogen (secondary N) is 2. The van der Waals surface area contributed by atoms with Gasteiger partial charge < -0.3 is 10.6 Å². The average Bonchev–Trinajstić information content (AvgIpc) is 2.31. The first kappa shape index (κ1) is 14.0. The summed E-state index contributed by atoms with van der Waals surface area (Å²) >= 11 is 0. The third-order valence-corrected chi connectivity index (χ3v) is 3.62. The van der Waals surface area contributed by atoms with E-state index < -0.39 is 11.8 Å². The van der Waals surface area contributed by atoms with Gasteiger partial charge in [-0.15, -0.1) is 0 Å². The fourth-order valence-corrected chi connectivity index (χ4v) is 2.16. The first-order valence-corrected chi connectivity index (χ1v) is 6.66. The van der Waals surface area contributed by atoms with Crippen molar-refractivity contribution in [1.82, 2.24) is 10.6 Å². The van der Waals surface area contributed by atoms with Gasteiger partial charge in [0.2, 0.25) is 0 Å². The minimum absolute atomic E-state index is 0.0528. The van der Waals surface area contributed by atoms with E-state index in [9.17, 15) is 9.59 Å². The maximum absolute atomic E-state index is 11.7. The molecule has 0 bridgehead atoms. The Kier molecular flexibility index (Phi) is 5.45. The van der Waals surface area contributed by atoms with E-state index in [4.69, 9.17) is 0 Å². The highest BCUT2D eigenvalue weighted by molar-refractivity contribution is 6.35. The molecule has 98 valence electrons. The molecular weight excluding hydrogens is 216 g/mol. The Morgan fingerprint density at radius 1 is 1.24 bits per heavy atom. The monoisotopic (exact) mass is 240 g/mol. The van der Waals surface area contributed by atoms with E-state index in [1.54, 1.807) is 0 Å². The van der Waals surface area contributed by atoms with Gasteiger partial charge in [0, 0.05) is 12.1 Å². The Bertz CT molecular complexity index is 279. The summed E-state index contributed by atoms with van der Waals surface area (Å²) in [5.41, 5.74) is 0. The van der Waals surface area contributed by atoms with Gasteiger partial charge in [-0.2, -0.15) is 0 Å². The van der Waals surface area contributed by atoms with Crippen LogP contribution in [0, 0.1) is 5.92 Å². The third-order valence-electron chi connectivity index (χ3n) is 3.62. The molecule has 17 heavy (non-hydrogen) atoms. The van der Waals surface area contributed by atoms with E-state index in [2.05, 4.69) is 17.6 Å². The number of hydrogen-bond acceptors (Lipinski definition) is 2. The fraction of sp³-hybridized carbons (Fsp3) is 0.846. The summed E-state index contributed by atoms with van der Waals surface area (Å²) in [5, 5.41) is 5.53. The number of rotatable bonds is 3. The minimum atomic E-state index is -0.503. The molecular formula is C13H24N2O2. The van der Waals surface area contributed by atoms with Gasteiger partial charge in [-0.1, -0.05) is 26.7 Å². The van der Waals surface area contributed by atoms with Gasteiger partial charge in [0.25, 0.3) is 0 Å². The summed E-state index contributed by atoms with van der Waals surface area (Å²) in [5.74, 6) is -0.509. The van der Waals surface area contributed by atoms with Crippen LogP contribution in [0.1, 0.15) is 52.9 Å². The maximum Gasteiger partial charge on any atom is 0.309 e. The summed E-state index contributed by atoms with van der Waals surface area (Å²) in [7, 11) is 0. The van der Waals surface area contributed by atoms with Gasteiger partial charge in [-0.3, -0.25) is 9.59 Å². The Hall–Kier alpha value is -1.06. The van der Waals surface area contributed by atoms with E-state index in [0.29, 0.717) is 5.92 Å². The molecule has 4 nitrogen and oxygen atoms in total. The van der Waals surface area contributed by atoms with Gasteiger partial charge in [0.1, 0.15) is 0 Å². The number of hydrogen-bond donors (Lipinski definition) is 2. The molecule has 4 heteroatoms. The fourth-order valence-electron chi connectivity index (χ4n) is 2.16. The highest BCUT2D eigenvalue weighted by Gasteiger charge is 2.25. The second kappa shape index (κ2) is 6.62. The predicted molar refractivity (Wildman–Crippen MR) is 67.5 cm³/mol. The molecule has 0 aromatic heterocycles. The van der Waals surface area contributed by atoms with Gasteiger partial charge in [-0.25, -0.2) is 0 Å². The molecule has 1 aliphatic rings. The predicted octanol–water partition coefficient (Wildman–Crippen LogP) is 1.60. The van der Waals surface area contributed by atoms with E-state index >= 15 is 0 Å². The van der Waals surface area contributed by atoms with Crippen molar-refractivity contribution in [2.24, 2.45) is 5.92 Å². The summed E-state index contributed by atoms with van der Waals surface area (Å²) in [6, 6.07) is 0.218. The van der Waals surface area contributed by atoms with Crippen molar-refractivity contribution in [2.75, 3.05) is 0 Å². The minimum Gasteiger partial charge on any atom is -0.345 e. The number of amides is 2. The van der Waals surface area contributed by atoms with Gasteiger partial charge in [0.15, 0.2) is 0 Å². The molecule has 0 heterocycles. The molecule has 0 unspecified atom stereocenters. The standard InChI is InChI=1S/C13H24N2O2/c1-4-10(3)14-12(16)13(17)15-11-8-6-5-7-9(11)2/h9-11H,4-8H2,1-3H3,(H,14,16)(H,15,17)/t9-,10+,11+/m1/s1. The molecule has 0 radical (unpaired) electrons. The zero-order valence-electron chi connectivity index (χ0n) is 11.1. The SMILES string of the molecule is CC[C@H](C)NC(=O)C(=O)N[C@H]1CCCC[C@H]1C. The first-order valence-electron chi connectivity index (χ1n) is 6.66. The van der Waals surface area contributed by atoms with Crippen molar-refractivity contribution in [1.29, 1.82) is 0 Å². The average molecular weight is 240 g/mol.